The second-order valence-electron chi connectivity index (χ2n) is 6.41. The number of unbranched alkanes of at least 4 members (excludes halogenated alkanes) is 7. The molecule has 1 heterocycles. The van der Waals surface area contributed by atoms with Crippen molar-refractivity contribution >= 4 is 16.6 Å². The average molecular weight is 314 g/mol. The maximum absolute atomic E-state index is 9.70. The summed E-state index contributed by atoms with van der Waals surface area (Å²) in [6, 6.07) is 7.42. The summed E-state index contributed by atoms with van der Waals surface area (Å²) in [4.78, 5) is 4.52. The summed E-state index contributed by atoms with van der Waals surface area (Å²) in [7, 11) is 0. The molecule has 1 aromatic heterocycles. The first-order valence-electron chi connectivity index (χ1n) is 9.05. The van der Waals surface area contributed by atoms with Gasteiger partial charge in [0.05, 0.1) is 5.52 Å². The lowest BCUT2D eigenvalue weighted by atomic mass is 10.1. The predicted molar refractivity (Wildman–Crippen MR) is 99.2 cm³/mol. The van der Waals surface area contributed by atoms with Crippen molar-refractivity contribution in [2.24, 2.45) is 0 Å². The van der Waals surface area contributed by atoms with E-state index >= 15 is 0 Å². The van der Waals surface area contributed by atoms with Gasteiger partial charge in [-0.05, 0) is 37.6 Å². The van der Waals surface area contributed by atoms with Crippen molar-refractivity contribution in [2.75, 3.05) is 11.9 Å². The van der Waals surface area contributed by atoms with E-state index in [-0.39, 0.29) is 0 Å². The molecule has 0 saturated carbocycles. The minimum Gasteiger partial charge on any atom is -0.508 e. The zero-order chi connectivity index (χ0) is 16.5. The van der Waals surface area contributed by atoms with Gasteiger partial charge in [-0.1, -0.05) is 51.9 Å². The summed E-state index contributed by atoms with van der Waals surface area (Å²) >= 11 is 0. The summed E-state index contributed by atoms with van der Waals surface area (Å²) in [5, 5.41) is 14.2. The van der Waals surface area contributed by atoms with Crippen LogP contribution in [0.15, 0.2) is 24.3 Å². The molecule has 2 aromatic rings. The van der Waals surface area contributed by atoms with Crippen LogP contribution >= 0.6 is 0 Å². The minimum atomic E-state index is 0.290. The fourth-order valence-corrected chi connectivity index (χ4v) is 2.97. The molecule has 0 saturated heterocycles. The monoisotopic (exact) mass is 314 g/mol. The van der Waals surface area contributed by atoms with Gasteiger partial charge in [0.1, 0.15) is 5.75 Å². The van der Waals surface area contributed by atoms with Gasteiger partial charge < -0.3 is 10.4 Å². The number of nitrogens with one attached hydrogen (secondary N) is 1. The zero-order valence-corrected chi connectivity index (χ0v) is 14.6. The number of hydrogen-bond donors (Lipinski definition) is 2. The Morgan fingerprint density at radius 2 is 1.65 bits per heavy atom. The van der Waals surface area contributed by atoms with Crippen LogP contribution in [-0.2, 0) is 0 Å². The molecule has 0 aliphatic rings. The maximum atomic E-state index is 9.70. The second kappa shape index (κ2) is 9.39. The highest BCUT2D eigenvalue weighted by Gasteiger charge is 2.04. The third-order valence-electron chi connectivity index (χ3n) is 4.27. The van der Waals surface area contributed by atoms with Crippen LogP contribution in [0.1, 0.15) is 64.0 Å². The molecule has 2 N–H and O–H groups in total. The molecule has 0 fully saturated rings. The van der Waals surface area contributed by atoms with Gasteiger partial charge in [0.2, 0.25) is 0 Å². The molecule has 0 aliphatic carbocycles. The van der Waals surface area contributed by atoms with Gasteiger partial charge in [0, 0.05) is 23.3 Å². The standard InChI is InChI=1S/C20H30N2O/c1-3-4-5-6-7-8-9-10-13-21-20-14-16(2)22-19-12-11-17(23)15-18(19)20/h11-12,14-15,23H,3-10,13H2,1-2H3,(H,21,22). The van der Waals surface area contributed by atoms with Gasteiger partial charge >= 0.3 is 0 Å². The number of aromatic nitrogens is 1. The summed E-state index contributed by atoms with van der Waals surface area (Å²) < 4.78 is 0. The van der Waals surface area contributed by atoms with E-state index in [0.717, 1.165) is 28.8 Å². The quantitative estimate of drug-likeness (QED) is 0.545. The molecular weight excluding hydrogens is 284 g/mol. The Morgan fingerprint density at radius 1 is 0.957 bits per heavy atom. The molecule has 1 aromatic carbocycles. The molecule has 0 aliphatic heterocycles. The lowest BCUT2D eigenvalue weighted by Crippen LogP contribution is -2.03. The number of anilines is 1. The summed E-state index contributed by atoms with van der Waals surface area (Å²) in [6.45, 7) is 5.24. The van der Waals surface area contributed by atoms with E-state index < -0.39 is 0 Å². The molecule has 0 amide bonds. The molecule has 0 spiro atoms. The number of fused-ring (bicyclic) bond motifs is 1. The topological polar surface area (TPSA) is 45.2 Å². The smallest absolute Gasteiger partial charge is 0.116 e. The highest BCUT2D eigenvalue weighted by molar-refractivity contribution is 5.92. The zero-order valence-electron chi connectivity index (χ0n) is 14.6. The number of rotatable bonds is 10. The lowest BCUT2D eigenvalue weighted by molar-refractivity contribution is 0.476. The van der Waals surface area contributed by atoms with E-state index in [1.807, 2.05) is 13.0 Å². The number of nitrogens with zero attached hydrogens (tertiary/aromatic N) is 1. The van der Waals surface area contributed by atoms with E-state index in [9.17, 15) is 5.11 Å². The highest BCUT2D eigenvalue weighted by atomic mass is 16.3. The van der Waals surface area contributed by atoms with E-state index in [4.69, 9.17) is 0 Å². The van der Waals surface area contributed by atoms with Crippen molar-refractivity contribution in [1.29, 1.82) is 0 Å². The largest absolute Gasteiger partial charge is 0.508 e. The van der Waals surface area contributed by atoms with Gasteiger partial charge in [0.25, 0.3) is 0 Å². The lowest BCUT2D eigenvalue weighted by Gasteiger charge is -2.11. The molecule has 3 heteroatoms. The summed E-state index contributed by atoms with van der Waals surface area (Å²) in [5.74, 6) is 0.290. The molecular formula is C20H30N2O. The van der Waals surface area contributed by atoms with E-state index in [0.29, 0.717) is 5.75 Å². The van der Waals surface area contributed by atoms with Crippen LogP contribution in [0.3, 0.4) is 0 Å². The van der Waals surface area contributed by atoms with Crippen LogP contribution in [0.5, 0.6) is 5.75 Å². The van der Waals surface area contributed by atoms with Gasteiger partial charge in [-0.25, -0.2) is 0 Å². The Hall–Kier alpha value is -1.77. The molecule has 0 unspecified atom stereocenters. The number of aromatic hydroxyl groups is 1. The van der Waals surface area contributed by atoms with Crippen molar-refractivity contribution < 1.29 is 5.11 Å². The molecule has 0 atom stereocenters. The highest BCUT2D eigenvalue weighted by Crippen LogP contribution is 2.26. The number of aryl methyl sites for hydroxylation is 1. The van der Waals surface area contributed by atoms with Gasteiger partial charge in [0.15, 0.2) is 0 Å². The Morgan fingerprint density at radius 3 is 2.39 bits per heavy atom. The summed E-state index contributed by atoms with van der Waals surface area (Å²) in [5.41, 5.74) is 3.01. The van der Waals surface area contributed by atoms with Crippen LogP contribution in [0.25, 0.3) is 10.9 Å². The fraction of sp³-hybridized carbons (Fsp3) is 0.550. The minimum absolute atomic E-state index is 0.290. The molecule has 126 valence electrons. The number of pyridine rings is 1. The Kier molecular flexibility index (Phi) is 7.18. The molecule has 3 nitrogen and oxygen atoms in total. The van der Waals surface area contributed by atoms with Crippen LogP contribution in [0, 0.1) is 6.92 Å². The predicted octanol–water partition coefficient (Wildman–Crippen LogP) is 5.80. The van der Waals surface area contributed by atoms with Crippen LogP contribution in [-0.4, -0.2) is 16.6 Å². The Balaban J connectivity index is 1.77. The number of phenols is 1. The SMILES string of the molecule is CCCCCCCCCCNc1cc(C)nc2ccc(O)cc12. The molecule has 2 rings (SSSR count). The summed E-state index contributed by atoms with van der Waals surface area (Å²) in [6.07, 6.45) is 10.6. The number of phenolic OH excluding ortho intramolecular Hbond substituents is 1. The Labute approximate surface area is 140 Å². The van der Waals surface area contributed by atoms with Crippen LogP contribution in [0.4, 0.5) is 5.69 Å². The van der Waals surface area contributed by atoms with Gasteiger partial charge in [-0.2, -0.15) is 0 Å². The van der Waals surface area contributed by atoms with Gasteiger partial charge in [-0.3, -0.25) is 4.98 Å². The van der Waals surface area contributed by atoms with Crippen LogP contribution < -0.4 is 5.32 Å². The van der Waals surface area contributed by atoms with Crippen molar-refractivity contribution in [2.45, 2.75) is 65.2 Å². The van der Waals surface area contributed by atoms with Crippen molar-refractivity contribution in [1.82, 2.24) is 4.98 Å². The number of hydrogen-bond acceptors (Lipinski definition) is 3. The normalized spacial score (nSPS) is 11.0. The Bertz CT molecular complexity index is 610. The average Bonchev–Trinajstić information content (AvgIpc) is 2.53. The third-order valence-corrected chi connectivity index (χ3v) is 4.27. The first-order valence-corrected chi connectivity index (χ1v) is 9.05. The van der Waals surface area contributed by atoms with Gasteiger partial charge in [-0.15, -0.1) is 0 Å². The molecule has 0 bridgehead atoms. The molecule has 0 radical (unpaired) electrons. The first-order chi connectivity index (χ1) is 11.2. The van der Waals surface area contributed by atoms with E-state index in [1.54, 1.807) is 12.1 Å². The van der Waals surface area contributed by atoms with E-state index in [2.05, 4.69) is 23.3 Å². The first kappa shape index (κ1) is 17.6. The van der Waals surface area contributed by atoms with Crippen molar-refractivity contribution in [3.63, 3.8) is 0 Å². The van der Waals surface area contributed by atoms with Crippen molar-refractivity contribution in [3.05, 3.63) is 30.0 Å². The molecule has 23 heavy (non-hydrogen) atoms. The van der Waals surface area contributed by atoms with Crippen LogP contribution in [0.2, 0.25) is 0 Å². The van der Waals surface area contributed by atoms with Crippen molar-refractivity contribution in [3.8, 4) is 5.75 Å². The second-order valence-corrected chi connectivity index (χ2v) is 6.41. The van der Waals surface area contributed by atoms with E-state index in [1.165, 1.54) is 51.4 Å². The maximum Gasteiger partial charge on any atom is 0.116 e. The third kappa shape index (κ3) is 5.74. The fourth-order valence-electron chi connectivity index (χ4n) is 2.97. The number of benzene rings is 1.